The highest BCUT2D eigenvalue weighted by Gasteiger charge is 2.40. The van der Waals surface area contributed by atoms with Gasteiger partial charge >= 0.3 is 5.97 Å². The molecule has 0 aromatic carbocycles. The van der Waals surface area contributed by atoms with Crippen LogP contribution in [-0.2, 0) is 14.3 Å². The molecule has 0 aliphatic heterocycles. The van der Waals surface area contributed by atoms with E-state index in [0.29, 0.717) is 12.8 Å². The first kappa shape index (κ1) is 14.9. The Morgan fingerprint density at radius 1 is 1.39 bits per heavy atom. The summed E-state index contributed by atoms with van der Waals surface area (Å²) in [6.45, 7) is 0.282. The molecule has 1 atom stereocenters. The van der Waals surface area contributed by atoms with E-state index in [-0.39, 0.29) is 19.1 Å². The quantitative estimate of drug-likeness (QED) is 0.627. The van der Waals surface area contributed by atoms with E-state index in [0.717, 1.165) is 19.3 Å². The van der Waals surface area contributed by atoms with Gasteiger partial charge < -0.3 is 20.9 Å². The van der Waals surface area contributed by atoms with Crippen molar-refractivity contribution < 1.29 is 19.4 Å². The second kappa shape index (κ2) is 6.70. The Bertz CT molecular complexity index is 300. The van der Waals surface area contributed by atoms with E-state index in [4.69, 9.17) is 10.5 Å². The second-order valence-electron chi connectivity index (χ2n) is 4.93. The molecule has 1 rings (SSSR count). The first-order valence-electron chi connectivity index (χ1n) is 6.27. The highest BCUT2D eigenvalue weighted by molar-refractivity contribution is 5.83. The Hall–Kier alpha value is -1.14. The maximum absolute atomic E-state index is 11.6. The molecule has 1 aliphatic rings. The van der Waals surface area contributed by atoms with Gasteiger partial charge in [-0.1, -0.05) is 19.3 Å². The van der Waals surface area contributed by atoms with Gasteiger partial charge in [0.05, 0.1) is 12.0 Å². The molecule has 0 saturated heterocycles. The van der Waals surface area contributed by atoms with Crippen LogP contribution in [0, 0.1) is 5.41 Å². The molecule has 104 valence electrons. The molecule has 1 amide bonds. The SMILES string of the molecule is COCC(N)C(=O)NCC1(C(=O)O)CCCCC1. The molecule has 1 aliphatic carbocycles. The van der Waals surface area contributed by atoms with Gasteiger partial charge in [-0.15, -0.1) is 0 Å². The van der Waals surface area contributed by atoms with Crippen molar-refractivity contribution in [2.24, 2.45) is 11.1 Å². The van der Waals surface area contributed by atoms with Crippen LogP contribution >= 0.6 is 0 Å². The highest BCUT2D eigenvalue weighted by Crippen LogP contribution is 2.35. The van der Waals surface area contributed by atoms with Crippen LogP contribution in [-0.4, -0.2) is 43.3 Å². The normalized spacial score (nSPS) is 20.1. The number of carbonyl (C=O) groups is 2. The number of ether oxygens (including phenoxy) is 1. The number of methoxy groups -OCH3 is 1. The standard InChI is InChI=1S/C12H22N2O4/c1-18-7-9(13)10(15)14-8-12(11(16)17)5-3-2-4-6-12/h9H,2-8,13H2,1H3,(H,14,15)(H,16,17). The number of amides is 1. The van der Waals surface area contributed by atoms with Crippen LogP contribution in [0.2, 0.25) is 0 Å². The third kappa shape index (κ3) is 3.68. The van der Waals surface area contributed by atoms with E-state index in [1.807, 2.05) is 0 Å². The molecule has 6 nitrogen and oxygen atoms in total. The van der Waals surface area contributed by atoms with Crippen LogP contribution in [0.15, 0.2) is 0 Å². The Kier molecular flexibility index (Phi) is 5.55. The lowest BCUT2D eigenvalue weighted by atomic mass is 9.74. The van der Waals surface area contributed by atoms with E-state index >= 15 is 0 Å². The number of carbonyl (C=O) groups excluding carboxylic acids is 1. The lowest BCUT2D eigenvalue weighted by Crippen LogP contribution is -2.50. The van der Waals surface area contributed by atoms with Crippen LogP contribution in [0.4, 0.5) is 0 Å². The van der Waals surface area contributed by atoms with Gasteiger partial charge in [0, 0.05) is 13.7 Å². The van der Waals surface area contributed by atoms with Crippen LogP contribution in [0.25, 0.3) is 0 Å². The van der Waals surface area contributed by atoms with Gasteiger partial charge in [0.1, 0.15) is 6.04 Å². The van der Waals surface area contributed by atoms with Gasteiger partial charge in [0.25, 0.3) is 0 Å². The molecule has 0 aromatic rings. The predicted octanol–water partition coefficient (Wildman–Crippen LogP) is 0.111. The Morgan fingerprint density at radius 2 is 2.00 bits per heavy atom. The second-order valence-corrected chi connectivity index (χ2v) is 4.93. The molecular weight excluding hydrogens is 236 g/mol. The van der Waals surface area contributed by atoms with E-state index < -0.39 is 17.4 Å². The fraction of sp³-hybridized carbons (Fsp3) is 0.833. The minimum Gasteiger partial charge on any atom is -0.481 e. The summed E-state index contributed by atoms with van der Waals surface area (Å²) in [5.41, 5.74) is 4.76. The Balaban J connectivity index is 2.52. The minimum atomic E-state index is -0.831. The summed E-state index contributed by atoms with van der Waals surface area (Å²) in [5.74, 6) is -1.19. The number of nitrogens with two attached hydrogens (primary N) is 1. The number of nitrogens with one attached hydrogen (secondary N) is 1. The summed E-state index contributed by atoms with van der Waals surface area (Å²) in [4.78, 5) is 23.0. The van der Waals surface area contributed by atoms with E-state index in [2.05, 4.69) is 5.32 Å². The smallest absolute Gasteiger partial charge is 0.311 e. The predicted molar refractivity (Wildman–Crippen MR) is 66.0 cm³/mol. The lowest BCUT2D eigenvalue weighted by Gasteiger charge is -2.33. The van der Waals surface area contributed by atoms with E-state index in [1.54, 1.807) is 0 Å². The fourth-order valence-electron chi connectivity index (χ4n) is 2.34. The molecule has 1 saturated carbocycles. The number of carboxylic acid groups (broad SMARTS) is 1. The lowest BCUT2D eigenvalue weighted by molar-refractivity contribution is -0.151. The van der Waals surface area contributed by atoms with Crippen LogP contribution in [0.3, 0.4) is 0 Å². The maximum Gasteiger partial charge on any atom is 0.311 e. The number of carboxylic acids is 1. The summed E-state index contributed by atoms with van der Waals surface area (Å²) in [5, 5.41) is 12.0. The van der Waals surface area contributed by atoms with Gasteiger partial charge in [0.2, 0.25) is 5.91 Å². The van der Waals surface area contributed by atoms with Crippen molar-refractivity contribution in [3.63, 3.8) is 0 Å². The van der Waals surface area contributed by atoms with Crippen molar-refractivity contribution in [3.8, 4) is 0 Å². The zero-order valence-corrected chi connectivity index (χ0v) is 10.8. The molecule has 0 heterocycles. The van der Waals surface area contributed by atoms with E-state index in [9.17, 15) is 14.7 Å². The van der Waals surface area contributed by atoms with Crippen LogP contribution in [0.1, 0.15) is 32.1 Å². The monoisotopic (exact) mass is 258 g/mol. The van der Waals surface area contributed by atoms with Crippen molar-refractivity contribution in [3.05, 3.63) is 0 Å². The summed E-state index contributed by atoms with van der Waals surface area (Å²) in [6, 6.07) is -0.746. The van der Waals surface area contributed by atoms with Crippen molar-refractivity contribution in [2.45, 2.75) is 38.1 Å². The van der Waals surface area contributed by atoms with E-state index in [1.165, 1.54) is 7.11 Å². The molecule has 18 heavy (non-hydrogen) atoms. The molecule has 0 aromatic heterocycles. The summed E-state index contributed by atoms with van der Waals surface area (Å²) < 4.78 is 4.79. The van der Waals surface area contributed by atoms with Crippen LogP contribution < -0.4 is 11.1 Å². The minimum absolute atomic E-state index is 0.131. The molecule has 0 radical (unpaired) electrons. The highest BCUT2D eigenvalue weighted by atomic mass is 16.5. The summed E-state index contributed by atoms with van der Waals surface area (Å²) >= 11 is 0. The zero-order chi connectivity index (χ0) is 13.6. The largest absolute Gasteiger partial charge is 0.481 e. The van der Waals surface area contributed by atoms with Gasteiger partial charge in [0.15, 0.2) is 0 Å². The first-order chi connectivity index (χ1) is 8.52. The van der Waals surface area contributed by atoms with Crippen molar-refractivity contribution in [1.82, 2.24) is 5.32 Å². The molecule has 4 N–H and O–H groups in total. The van der Waals surface area contributed by atoms with Gasteiger partial charge in [-0.25, -0.2) is 0 Å². The molecule has 1 unspecified atom stereocenters. The average Bonchev–Trinajstić information content (AvgIpc) is 2.37. The molecule has 0 spiro atoms. The average molecular weight is 258 g/mol. The Labute approximate surface area is 107 Å². The van der Waals surface area contributed by atoms with Crippen molar-refractivity contribution in [2.75, 3.05) is 20.3 Å². The number of rotatable bonds is 6. The first-order valence-corrected chi connectivity index (χ1v) is 6.27. The van der Waals surface area contributed by atoms with Crippen LogP contribution in [0.5, 0.6) is 0 Å². The van der Waals surface area contributed by atoms with Gasteiger partial charge in [-0.3, -0.25) is 9.59 Å². The molecule has 6 heteroatoms. The Morgan fingerprint density at radius 3 is 2.50 bits per heavy atom. The topological polar surface area (TPSA) is 102 Å². The summed E-state index contributed by atoms with van der Waals surface area (Å²) in [7, 11) is 1.47. The van der Waals surface area contributed by atoms with Crippen molar-refractivity contribution >= 4 is 11.9 Å². The zero-order valence-electron chi connectivity index (χ0n) is 10.8. The summed E-state index contributed by atoms with van der Waals surface area (Å²) in [6.07, 6.45) is 4.08. The van der Waals surface area contributed by atoms with Crippen molar-refractivity contribution in [1.29, 1.82) is 0 Å². The number of hydrogen-bond donors (Lipinski definition) is 3. The fourth-order valence-corrected chi connectivity index (χ4v) is 2.34. The maximum atomic E-state index is 11.6. The molecular formula is C12H22N2O4. The third-order valence-electron chi connectivity index (χ3n) is 3.55. The van der Waals surface area contributed by atoms with Gasteiger partial charge in [-0.2, -0.15) is 0 Å². The molecule has 0 bridgehead atoms. The molecule has 1 fully saturated rings. The third-order valence-corrected chi connectivity index (χ3v) is 3.55. The van der Waals surface area contributed by atoms with Gasteiger partial charge in [-0.05, 0) is 12.8 Å². The number of hydrogen-bond acceptors (Lipinski definition) is 4. The number of aliphatic carboxylic acids is 1.